The van der Waals surface area contributed by atoms with Crippen LogP contribution in [0.1, 0.15) is 37.4 Å². The summed E-state index contributed by atoms with van der Waals surface area (Å²) < 4.78 is 15.6. The summed E-state index contributed by atoms with van der Waals surface area (Å²) in [6.45, 7) is -0.775. The zero-order chi connectivity index (χ0) is 24.9. The van der Waals surface area contributed by atoms with Crippen LogP contribution in [0.5, 0.6) is 11.5 Å². The van der Waals surface area contributed by atoms with Gasteiger partial charge in [-0.1, -0.05) is 12.1 Å². The summed E-state index contributed by atoms with van der Waals surface area (Å²) in [7, 11) is 1.08. The van der Waals surface area contributed by atoms with Crippen molar-refractivity contribution >= 4 is 11.8 Å². The third kappa shape index (κ3) is 3.52. The van der Waals surface area contributed by atoms with E-state index in [1.807, 2.05) is 0 Å². The summed E-state index contributed by atoms with van der Waals surface area (Å²) in [6, 6.07) is 5.63. The molecule has 1 fully saturated rings. The van der Waals surface area contributed by atoms with E-state index in [4.69, 9.17) is 9.47 Å². The van der Waals surface area contributed by atoms with E-state index in [-0.39, 0.29) is 11.1 Å². The van der Waals surface area contributed by atoms with Gasteiger partial charge in [-0.05, 0) is 18.2 Å². The van der Waals surface area contributed by atoms with Crippen LogP contribution in [-0.4, -0.2) is 91.9 Å². The highest BCUT2D eigenvalue weighted by Gasteiger charge is 2.52. The number of fused-ring (bicyclic) bond motifs is 2. The van der Waals surface area contributed by atoms with Crippen molar-refractivity contribution in [1.82, 2.24) is 0 Å². The fourth-order valence-corrected chi connectivity index (χ4v) is 4.16. The molecule has 0 saturated carbocycles. The fourth-order valence-electron chi connectivity index (χ4n) is 4.16. The van der Waals surface area contributed by atoms with Crippen LogP contribution in [0.2, 0.25) is 0 Å². The van der Waals surface area contributed by atoms with Crippen molar-refractivity contribution in [3.05, 3.63) is 58.1 Å². The molecule has 0 spiro atoms. The Morgan fingerprint density at radius 3 is 2.35 bits per heavy atom. The molecule has 7 N–H and O–H groups in total. The van der Waals surface area contributed by atoms with E-state index in [0.29, 0.717) is 0 Å². The smallest absolute Gasteiger partial charge is 0.337 e. The Morgan fingerprint density at radius 2 is 1.71 bits per heavy atom. The van der Waals surface area contributed by atoms with Crippen LogP contribution < -0.4 is 0 Å². The summed E-state index contributed by atoms with van der Waals surface area (Å²) in [4.78, 5) is 25.3. The molecular weight excluding hydrogens is 456 g/mol. The number of phenols is 2. The number of aromatic hydroxyl groups is 2. The van der Waals surface area contributed by atoms with E-state index in [1.165, 1.54) is 12.1 Å². The Labute approximate surface area is 191 Å². The van der Waals surface area contributed by atoms with Crippen molar-refractivity contribution in [1.29, 1.82) is 0 Å². The minimum atomic E-state index is -2.73. The number of rotatable bonds is 4. The number of carbonyl (C=O) groups excluding carboxylic acids is 2. The Hall–Kier alpha value is -3.10. The van der Waals surface area contributed by atoms with Gasteiger partial charge in [-0.2, -0.15) is 0 Å². The number of esters is 1. The molecule has 2 aromatic rings. The molecule has 34 heavy (non-hydrogen) atoms. The zero-order valence-electron chi connectivity index (χ0n) is 17.7. The molecule has 1 aliphatic carbocycles. The summed E-state index contributed by atoms with van der Waals surface area (Å²) in [6.07, 6.45) is -8.74. The number of ketones is 1. The maximum atomic E-state index is 13.1. The molecule has 0 amide bonds. The predicted octanol–water partition coefficient (Wildman–Crippen LogP) is -1.56. The lowest BCUT2D eigenvalue weighted by Gasteiger charge is -2.44. The first-order valence-electron chi connectivity index (χ1n) is 10.1. The third-order valence-corrected chi connectivity index (χ3v) is 5.90. The van der Waals surface area contributed by atoms with Crippen molar-refractivity contribution in [2.45, 2.75) is 36.5 Å². The molecule has 0 aromatic heterocycles. The Morgan fingerprint density at radius 1 is 1.03 bits per heavy atom. The first-order chi connectivity index (χ1) is 16.0. The topological polar surface area (TPSA) is 203 Å². The van der Waals surface area contributed by atoms with Crippen LogP contribution in [0.15, 0.2) is 30.3 Å². The highest BCUT2D eigenvalue weighted by molar-refractivity contribution is 6.16. The van der Waals surface area contributed by atoms with Crippen LogP contribution in [0.25, 0.3) is 0 Å². The van der Waals surface area contributed by atoms with Gasteiger partial charge in [-0.15, -0.1) is 0 Å². The molecule has 2 aliphatic rings. The first-order valence-corrected chi connectivity index (χ1v) is 10.1. The molecule has 12 nitrogen and oxygen atoms in total. The number of methoxy groups -OCH3 is 1. The van der Waals surface area contributed by atoms with E-state index in [2.05, 4.69) is 4.74 Å². The standard InChI is InChI=1S/C22H22O12/c1-32-20(30)8-5-10-15(12(25)6-8)17(27)14-9(3-2-4-11(14)24)22(10,31)34-21-19(29)18(28)16(26)13(7-23)33-21/h2-6,13,16,18-19,21,23-26,28-29,31H,7H2,1H3/t13-,16-,18+,19-,21+,22+/m1/s1. The second-order valence-corrected chi connectivity index (χ2v) is 7.90. The van der Waals surface area contributed by atoms with Crippen LogP contribution in [0, 0.1) is 0 Å². The lowest BCUT2D eigenvalue weighted by Crippen LogP contribution is -2.60. The number of phenolic OH excluding ortho intramolecular Hbond substituents is 2. The van der Waals surface area contributed by atoms with Gasteiger partial charge in [-0.3, -0.25) is 4.79 Å². The van der Waals surface area contributed by atoms with Crippen molar-refractivity contribution in [3.8, 4) is 11.5 Å². The SMILES string of the molecule is COC(=O)c1cc(O)c2c(c1)[C@@](O)(O[C@@H]1O[C@H](CO)[C@@H](O)[C@H](O)[C@H]1O)c1cccc(O)c1C2=O. The van der Waals surface area contributed by atoms with Crippen molar-refractivity contribution in [2.75, 3.05) is 13.7 Å². The number of aliphatic hydroxyl groups is 5. The highest BCUT2D eigenvalue weighted by atomic mass is 16.8. The lowest BCUT2D eigenvalue weighted by atomic mass is 9.78. The van der Waals surface area contributed by atoms with Crippen LogP contribution in [0.3, 0.4) is 0 Å². The largest absolute Gasteiger partial charge is 0.507 e. The molecule has 4 rings (SSSR count). The van der Waals surface area contributed by atoms with E-state index < -0.39 is 83.0 Å². The molecule has 2 aromatic carbocycles. The quantitative estimate of drug-likeness (QED) is 0.197. The number of hydrogen-bond donors (Lipinski definition) is 7. The van der Waals surface area contributed by atoms with Crippen molar-refractivity contribution in [3.63, 3.8) is 0 Å². The van der Waals surface area contributed by atoms with Gasteiger partial charge in [0, 0.05) is 11.1 Å². The number of benzene rings is 2. The number of carbonyl (C=O) groups is 2. The van der Waals surface area contributed by atoms with Gasteiger partial charge >= 0.3 is 5.97 Å². The molecular formula is C22H22O12. The lowest BCUT2D eigenvalue weighted by molar-refractivity contribution is -0.356. The van der Waals surface area contributed by atoms with E-state index in [0.717, 1.165) is 25.3 Å². The van der Waals surface area contributed by atoms with Crippen LogP contribution in [-0.2, 0) is 20.0 Å². The molecule has 1 saturated heterocycles. The fraction of sp³-hybridized carbons (Fsp3) is 0.364. The van der Waals surface area contributed by atoms with Gasteiger partial charge in [0.15, 0.2) is 6.29 Å². The molecule has 1 aliphatic heterocycles. The minimum Gasteiger partial charge on any atom is -0.507 e. The first kappa shape index (κ1) is 24.0. The molecule has 0 bridgehead atoms. The van der Waals surface area contributed by atoms with Gasteiger partial charge in [0.05, 0.1) is 30.4 Å². The van der Waals surface area contributed by atoms with Gasteiger partial charge < -0.3 is 50.0 Å². The molecule has 1 heterocycles. The maximum absolute atomic E-state index is 13.1. The maximum Gasteiger partial charge on any atom is 0.337 e. The molecule has 0 unspecified atom stereocenters. The molecule has 0 radical (unpaired) electrons. The summed E-state index contributed by atoms with van der Waals surface area (Å²) in [5.74, 6) is -5.82. The summed E-state index contributed by atoms with van der Waals surface area (Å²) >= 11 is 0. The normalized spacial score (nSPS) is 30.4. The highest BCUT2D eigenvalue weighted by Crippen LogP contribution is 2.47. The van der Waals surface area contributed by atoms with E-state index in [9.17, 15) is 45.3 Å². The minimum absolute atomic E-state index is 0.258. The number of hydrogen-bond acceptors (Lipinski definition) is 12. The van der Waals surface area contributed by atoms with Crippen molar-refractivity contribution in [2.24, 2.45) is 0 Å². The molecule has 182 valence electrons. The second-order valence-electron chi connectivity index (χ2n) is 7.90. The van der Waals surface area contributed by atoms with Gasteiger partial charge in [-0.25, -0.2) is 4.79 Å². The van der Waals surface area contributed by atoms with E-state index in [1.54, 1.807) is 0 Å². The average Bonchev–Trinajstić information content (AvgIpc) is 2.82. The van der Waals surface area contributed by atoms with Gasteiger partial charge in [0.1, 0.15) is 35.9 Å². The molecule has 12 heteroatoms. The average molecular weight is 478 g/mol. The zero-order valence-corrected chi connectivity index (χ0v) is 17.7. The third-order valence-electron chi connectivity index (χ3n) is 5.90. The van der Waals surface area contributed by atoms with Crippen molar-refractivity contribution < 1.29 is 59.5 Å². The van der Waals surface area contributed by atoms with Crippen LogP contribution >= 0.6 is 0 Å². The van der Waals surface area contributed by atoms with Crippen LogP contribution in [0.4, 0.5) is 0 Å². The second kappa shape index (κ2) is 8.60. The van der Waals surface area contributed by atoms with Gasteiger partial charge in [0.2, 0.25) is 11.6 Å². The Kier molecular flexibility index (Phi) is 6.08. The monoisotopic (exact) mass is 478 g/mol. The Balaban J connectivity index is 1.92. The summed E-state index contributed by atoms with van der Waals surface area (Å²) in [5.41, 5.74) is -1.95. The predicted molar refractivity (Wildman–Crippen MR) is 109 cm³/mol. The van der Waals surface area contributed by atoms with E-state index >= 15 is 0 Å². The number of ether oxygens (including phenoxy) is 3. The number of aliphatic hydroxyl groups excluding tert-OH is 4. The van der Waals surface area contributed by atoms with Gasteiger partial charge in [0.25, 0.3) is 0 Å². The Bertz CT molecular complexity index is 1140. The molecule has 6 atom stereocenters. The summed E-state index contributed by atoms with van der Waals surface area (Å²) in [5, 5.41) is 72.6.